The third-order valence-corrected chi connectivity index (χ3v) is 4.13. The van der Waals surface area contributed by atoms with Crippen molar-refractivity contribution < 1.29 is 22.8 Å². The van der Waals surface area contributed by atoms with E-state index in [0.717, 1.165) is 6.07 Å². The van der Waals surface area contributed by atoms with Crippen molar-refractivity contribution in [3.8, 4) is 0 Å². The molecule has 2 amide bonds. The second-order valence-corrected chi connectivity index (χ2v) is 6.47. The summed E-state index contributed by atoms with van der Waals surface area (Å²) in [7, 11) is 0. The van der Waals surface area contributed by atoms with Crippen molar-refractivity contribution in [1.82, 2.24) is 4.90 Å². The molecule has 0 saturated carbocycles. The predicted molar refractivity (Wildman–Crippen MR) is 97.6 cm³/mol. The van der Waals surface area contributed by atoms with Crippen LogP contribution in [0.5, 0.6) is 0 Å². The monoisotopic (exact) mass is 418 g/mol. The molecule has 9 heteroatoms. The van der Waals surface area contributed by atoms with Gasteiger partial charge in [-0.3, -0.25) is 9.59 Å². The molecule has 0 radical (unpaired) electrons. The zero-order valence-electron chi connectivity index (χ0n) is 14.2. The Morgan fingerprint density at radius 1 is 1.07 bits per heavy atom. The molecule has 0 aromatic heterocycles. The van der Waals surface area contributed by atoms with E-state index in [2.05, 4.69) is 5.32 Å². The van der Waals surface area contributed by atoms with Gasteiger partial charge in [-0.25, -0.2) is 13.2 Å². The van der Waals surface area contributed by atoms with Crippen molar-refractivity contribution >= 4 is 40.7 Å². The van der Waals surface area contributed by atoms with Gasteiger partial charge < -0.3 is 10.2 Å². The first kappa shape index (κ1) is 21.1. The van der Waals surface area contributed by atoms with E-state index in [1.54, 1.807) is 6.92 Å². The van der Waals surface area contributed by atoms with Crippen molar-refractivity contribution in [2.45, 2.75) is 13.3 Å². The first-order valence-corrected chi connectivity index (χ1v) is 8.67. The summed E-state index contributed by atoms with van der Waals surface area (Å²) in [5.74, 6) is -5.86. The van der Waals surface area contributed by atoms with Crippen LogP contribution in [0, 0.1) is 17.5 Å². The summed E-state index contributed by atoms with van der Waals surface area (Å²) < 4.78 is 39.9. The second-order valence-electron chi connectivity index (χ2n) is 5.62. The van der Waals surface area contributed by atoms with Crippen LogP contribution in [0.4, 0.5) is 18.9 Å². The third kappa shape index (κ3) is 5.14. The van der Waals surface area contributed by atoms with E-state index < -0.39 is 41.5 Å². The van der Waals surface area contributed by atoms with E-state index in [0.29, 0.717) is 17.5 Å². The van der Waals surface area contributed by atoms with Crippen LogP contribution in [-0.2, 0) is 4.79 Å². The molecule has 4 nitrogen and oxygen atoms in total. The number of nitrogens with zero attached hydrogens (tertiary/aromatic N) is 1. The van der Waals surface area contributed by atoms with Crippen LogP contribution in [0.25, 0.3) is 0 Å². The zero-order chi connectivity index (χ0) is 20.1. The van der Waals surface area contributed by atoms with Crippen LogP contribution >= 0.6 is 23.2 Å². The molecule has 0 bridgehead atoms. The molecule has 27 heavy (non-hydrogen) atoms. The number of carbonyl (C=O) groups is 2. The topological polar surface area (TPSA) is 49.4 Å². The van der Waals surface area contributed by atoms with Gasteiger partial charge in [0.25, 0.3) is 5.91 Å². The highest BCUT2D eigenvalue weighted by atomic mass is 35.5. The van der Waals surface area contributed by atoms with E-state index in [1.807, 2.05) is 0 Å². The van der Waals surface area contributed by atoms with Gasteiger partial charge in [0, 0.05) is 11.6 Å². The van der Waals surface area contributed by atoms with E-state index >= 15 is 0 Å². The van der Waals surface area contributed by atoms with Crippen molar-refractivity contribution in [2.24, 2.45) is 0 Å². The predicted octanol–water partition coefficient (Wildman–Crippen LogP) is 4.90. The summed E-state index contributed by atoms with van der Waals surface area (Å²) in [6, 6.07) is 5.91. The number of halogens is 5. The van der Waals surface area contributed by atoms with Crippen LogP contribution in [0.1, 0.15) is 23.7 Å². The lowest BCUT2D eigenvalue weighted by Crippen LogP contribution is -2.38. The van der Waals surface area contributed by atoms with Gasteiger partial charge in [0.2, 0.25) is 5.91 Å². The van der Waals surface area contributed by atoms with Gasteiger partial charge >= 0.3 is 0 Å². The molecule has 0 unspecified atom stereocenters. The number of hydrogen-bond acceptors (Lipinski definition) is 2. The molecule has 2 rings (SSSR count). The first-order valence-electron chi connectivity index (χ1n) is 7.92. The normalized spacial score (nSPS) is 10.6. The molecule has 0 spiro atoms. The average molecular weight is 419 g/mol. The first-order chi connectivity index (χ1) is 12.7. The maximum absolute atomic E-state index is 13.7. The third-order valence-electron chi connectivity index (χ3n) is 3.59. The Bertz CT molecular complexity index is 878. The van der Waals surface area contributed by atoms with E-state index in [1.165, 1.54) is 23.1 Å². The summed E-state index contributed by atoms with van der Waals surface area (Å²) in [5, 5.41) is 2.61. The summed E-state index contributed by atoms with van der Waals surface area (Å²) >= 11 is 11.8. The molecular weight excluding hydrogens is 404 g/mol. The maximum Gasteiger partial charge on any atom is 0.255 e. The Morgan fingerprint density at radius 3 is 2.41 bits per heavy atom. The Kier molecular flexibility index (Phi) is 7.10. The van der Waals surface area contributed by atoms with Gasteiger partial charge in [-0.2, -0.15) is 0 Å². The van der Waals surface area contributed by atoms with Crippen LogP contribution in [0.2, 0.25) is 10.0 Å². The van der Waals surface area contributed by atoms with E-state index in [9.17, 15) is 22.8 Å². The molecule has 0 aliphatic heterocycles. The lowest BCUT2D eigenvalue weighted by molar-refractivity contribution is -0.116. The largest absolute Gasteiger partial charge is 0.329 e. The number of benzene rings is 2. The smallest absolute Gasteiger partial charge is 0.255 e. The number of nitrogens with one attached hydrogen (secondary N) is 1. The van der Waals surface area contributed by atoms with Gasteiger partial charge in [-0.05, 0) is 36.8 Å². The second kappa shape index (κ2) is 9.10. The quantitative estimate of drug-likeness (QED) is 0.678. The minimum absolute atomic E-state index is 0.126. The molecule has 0 atom stereocenters. The number of hydrogen-bond donors (Lipinski definition) is 1. The SMILES string of the molecule is CCCN(CC(=O)Nc1ccc(F)c(F)c1F)C(=O)c1ccc(Cl)cc1Cl. The number of amides is 2. The fraction of sp³-hybridized carbons (Fsp3) is 0.222. The Balaban J connectivity index is 2.16. The lowest BCUT2D eigenvalue weighted by atomic mass is 10.2. The molecule has 0 fully saturated rings. The lowest BCUT2D eigenvalue weighted by Gasteiger charge is -2.22. The van der Waals surface area contributed by atoms with Gasteiger partial charge in [-0.1, -0.05) is 30.1 Å². The van der Waals surface area contributed by atoms with Crippen LogP contribution in [0.3, 0.4) is 0 Å². The molecule has 2 aromatic rings. The minimum atomic E-state index is -1.69. The highest BCUT2D eigenvalue weighted by molar-refractivity contribution is 6.36. The van der Waals surface area contributed by atoms with Crippen molar-refractivity contribution in [2.75, 3.05) is 18.4 Å². The van der Waals surface area contributed by atoms with Crippen LogP contribution in [0.15, 0.2) is 30.3 Å². The number of carbonyl (C=O) groups excluding carboxylic acids is 2. The van der Waals surface area contributed by atoms with Crippen molar-refractivity contribution in [1.29, 1.82) is 0 Å². The highest BCUT2D eigenvalue weighted by Gasteiger charge is 2.22. The van der Waals surface area contributed by atoms with Crippen LogP contribution in [-0.4, -0.2) is 29.8 Å². The Morgan fingerprint density at radius 2 is 1.78 bits per heavy atom. The standard InChI is InChI=1S/C18H15Cl2F3N2O2/c1-2-7-25(18(27)11-4-3-10(19)8-12(11)20)9-15(26)24-14-6-5-13(21)16(22)17(14)23/h3-6,8H,2,7,9H2,1H3,(H,24,26). The van der Waals surface area contributed by atoms with E-state index in [4.69, 9.17) is 23.2 Å². The maximum atomic E-state index is 13.7. The zero-order valence-corrected chi connectivity index (χ0v) is 15.7. The average Bonchev–Trinajstić information content (AvgIpc) is 2.61. The molecule has 2 aromatic carbocycles. The summed E-state index contributed by atoms with van der Waals surface area (Å²) in [4.78, 5) is 26.0. The molecule has 0 saturated heterocycles. The molecule has 0 aliphatic carbocycles. The van der Waals surface area contributed by atoms with Crippen molar-refractivity contribution in [3.05, 3.63) is 63.4 Å². The number of rotatable bonds is 6. The summed E-state index contributed by atoms with van der Waals surface area (Å²) in [5.41, 5.74) is -0.367. The highest BCUT2D eigenvalue weighted by Crippen LogP contribution is 2.23. The van der Waals surface area contributed by atoms with Crippen molar-refractivity contribution in [3.63, 3.8) is 0 Å². The van der Waals surface area contributed by atoms with Gasteiger partial charge in [0.15, 0.2) is 17.5 Å². The molecular formula is C18H15Cl2F3N2O2. The Hall–Kier alpha value is -2.25. The van der Waals surface area contributed by atoms with Gasteiger partial charge in [0.05, 0.1) is 16.3 Å². The summed E-state index contributed by atoms with van der Waals surface area (Å²) in [6.07, 6.45) is 0.545. The van der Waals surface area contributed by atoms with Gasteiger partial charge in [-0.15, -0.1) is 0 Å². The summed E-state index contributed by atoms with van der Waals surface area (Å²) in [6.45, 7) is 1.60. The Labute approximate surface area is 163 Å². The fourth-order valence-electron chi connectivity index (χ4n) is 2.34. The van der Waals surface area contributed by atoms with E-state index in [-0.39, 0.29) is 17.1 Å². The van der Waals surface area contributed by atoms with Crippen LogP contribution < -0.4 is 5.32 Å². The molecule has 0 heterocycles. The van der Waals surface area contributed by atoms with Gasteiger partial charge in [0.1, 0.15) is 6.54 Å². The minimum Gasteiger partial charge on any atom is -0.329 e. The molecule has 144 valence electrons. The number of anilines is 1. The molecule has 0 aliphatic rings. The molecule has 1 N–H and O–H groups in total. The fourth-order valence-corrected chi connectivity index (χ4v) is 2.83.